The van der Waals surface area contributed by atoms with Crippen molar-refractivity contribution in [1.82, 2.24) is 20.2 Å². The zero-order valence-corrected chi connectivity index (χ0v) is 13.1. The van der Waals surface area contributed by atoms with Gasteiger partial charge in [0.2, 0.25) is 0 Å². The number of methoxy groups -OCH3 is 1. The number of carbonyl (C=O) groups is 1. The first-order chi connectivity index (χ1) is 12.2. The number of H-pyrrole nitrogens is 1. The molecule has 0 unspecified atom stereocenters. The third kappa shape index (κ3) is 2.49. The number of carboxylic acids is 1. The Labute approximate surface area is 141 Å². The van der Waals surface area contributed by atoms with E-state index >= 15 is 0 Å². The van der Waals surface area contributed by atoms with Gasteiger partial charge in [-0.2, -0.15) is 5.10 Å². The lowest BCUT2D eigenvalue weighted by Gasteiger charge is -2.10. The van der Waals surface area contributed by atoms with Crippen molar-refractivity contribution >= 4 is 39.3 Å². The van der Waals surface area contributed by atoms with Gasteiger partial charge in [0, 0.05) is 34.9 Å². The number of aromatic amines is 1. The second kappa shape index (κ2) is 5.75. The minimum atomic E-state index is -1.12. The van der Waals surface area contributed by atoms with Crippen LogP contribution in [0.3, 0.4) is 0 Å². The van der Waals surface area contributed by atoms with Gasteiger partial charge in [-0.3, -0.25) is 10.1 Å². The van der Waals surface area contributed by atoms with Crippen LogP contribution in [0.5, 0.6) is 5.75 Å². The Hall–Kier alpha value is -3.68. The Morgan fingerprint density at radius 3 is 2.92 bits per heavy atom. The van der Waals surface area contributed by atoms with Gasteiger partial charge < -0.3 is 15.2 Å². The summed E-state index contributed by atoms with van der Waals surface area (Å²) >= 11 is 0. The van der Waals surface area contributed by atoms with E-state index in [0.29, 0.717) is 22.5 Å². The van der Waals surface area contributed by atoms with Gasteiger partial charge in [-0.05, 0) is 18.2 Å². The van der Waals surface area contributed by atoms with Gasteiger partial charge in [0.05, 0.1) is 7.11 Å². The van der Waals surface area contributed by atoms with Crippen LogP contribution >= 0.6 is 0 Å². The number of carboxylic acid groups (broad SMARTS) is 1. The summed E-state index contributed by atoms with van der Waals surface area (Å²) in [4.78, 5) is 20.0. The molecule has 0 bridgehead atoms. The first-order valence-corrected chi connectivity index (χ1v) is 7.43. The molecule has 3 N–H and O–H groups in total. The topological polar surface area (TPSA) is 113 Å². The fraction of sp³-hybridized carbons (Fsp3) is 0.0588. The van der Waals surface area contributed by atoms with Crippen molar-refractivity contribution in [3.05, 3.63) is 48.4 Å². The summed E-state index contributed by atoms with van der Waals surface area (Å²) in [5, 5.41) is 20.7. The number of aromatic carboxylic acids is 1. The molecule has 0 aliphatic carbocycles. The molecule has 3 heterocycles. The van der Waals surface area contributed by atoms with Crippen LogP contribution in [-0.2, 0) is 0 Å². The summed E-state index contributed by atoms with van der Waals surface area (Å²) in [5.74, 6) is 0.0965. The molecule has 8 heteroatoms. The van der Waals surface area contributed by atoms with Crippen molar-refractivity contribution in [1.29, 1.82) is 0 Å². The summed E-state index contributed by atoms with van der Waals surface area (Å²) in [6, 6.07) is 9.19. The molecule has 1 aromatic carbocycles. The van der Waals surface area contributed by atoms with Crippen molar-refractivity contribution in [3.63, 3.8) is 0 Å². The van der Waals surface area contributed by atoms with E-state index in [2.05, 4.69) is 25.5 Å². The zero-order chi connectivity index (χ0) is 17.4. The van der Waals surface area contributed by atoms with Crippen LogP contribution in [0.15, 0.2) is 42.7 Å². The number of hydrogen-bond donors (Lipinski definition) is 3. The third-order valence-corrected chi connectivity index (χ3v) is 3.84. The largest absolute Gasteiger partial charge is 0.497 e. The monoisotopic (exact) mass is 335 g/mol. The SMILES string of the molecule is COc1cccc(Nc2nc3c(C(=O)O)[nH]nc3c3cnccc23)c1. The van der Waals surface area contributed by atoms with Crippen LogP contribution in [0.25, 0.3) is 21.8 Å². The van der Waals surface area contributed by atoms with Crippen molar-refractivity contribution in [3.8, 4) is 5.75 Å². The number of aromatic nitrogens is 4. The number of fused-ring (bicyclic) bond motifs is 3. The minimum absolute atomic E-state index is 0.0607. The average Bonchev–Trinajstić information content (AvgIpc) is 3.06. The number of benzene rings is 1. The van der Waals surface area contributed by atoms with Crippen molar-refractivity contribution in [2.45, 2.75) is 0 Å². The second-order valence-corrected chi connectivity index (χ2v) is 5.34. The Bertz CT molecular complexity index is 1110. The van der Waals surface area contributed by atoms with Crippen LogP contribution < -0.4 is 10.1 Å². The Morgan fingerprint density at radius 2 is 2.12 bits per heavy atom. The molecule has 0 saturated carbocycles. The normalized spacial score (nSPS) is 10.9. The average molecular weight is 335 g/mol. The van der Waals surface area contributed by atoms with Crippen LogP contribution in [0.4, 0.5) is 11.5 Å². The van der Waals surface area contributed by atoms with E-state index in [9.17, 15) is 9.90 Å². The molecule has 0 amide bonds. The van der Waals surface area contributed by atoms with Crippen LogP contribution in [0.2, 0.25) is 0 Å². The van der Waals surface area contributed by atoms with Crippen LogP contribution in [0, 0.1) is 0 Å². The zero-order valence-electron chi connectivity index (χ0n) is 13.1. The molecular formula is C17H13N5O3. The highest BCUT2D eigenvalue weighted by Gasteiger charge is 2.18. The number of rotatable bonds is 4. The molecule has 3 aromatic heterocycles. The van der Waals surface area contributed by atoms with Crippen molar-refractivity contribution < 1.29 is 14.6 Å². The number of nitrogens with one attached hydrogen (secondary N) is 2. The van der Waals surface area contributed by atoms with E-state index in [1.165, 1.54) is 0 Å². The molecule has 0 atom stereocenters. The second-order valence-electron chi connectivity index (χ2n) is 5.34. The molecule has 4 rings (SSSR count). The fourth-order valence-electron chi connectivity index (χ4n) is 2.68. The molecule has 0 fully saturated rings. The smallest absolute Gasteiger partial charge is 0.356 e. The number of hydrogen-bond acceptors (Lipinski definition) is 6. The highest BCUT2D eigenvalue weighted by molar-refractivity contribution is 6.12. The van der Waals surface area contributed by atoms with Crippen LogP contribution in [-0.4, -0.2) is 38.4 Å². The predicted octanol–water partition coefficient (Wildman–Crippen LogP) is 2.96. The minimum Gasteiger partial charge on any atom is -0.497 e. The van der Waals surface area contributed by atoms with E-state index < -0.39 is 5.97 Å². The molecular weight excluding hydrogens is 322 g/mol. The molecule has 0 aliphatic rings. The van der Waals surface area contributed by atoms with Gasteiger partial charge in [0.1, 0.15) is 22.6 Å². The van der Waals surface area contributed by atoms with Gasteiger partial charge >= 0.3 is 5.97 Å². The molecule has 4 aromatic rings. The molecule has 0 radical (unpaired) electrons. The molecule has 8 nitrogen and oxygen atoms in total. The first-order valence-electron chi connectivity index (χ1n) is 7.43. The summed E-state index contributed by atoms with van der Waals surface area (Å²) in [6.45, 7) is 0. The molecule has 25 heavy (non-hydrogen) atoms. The quantitative estimate of drug-likeness (QED) is 0.525. The molecule has 0 aliphatic heterocycles. The molecule has 0 saturated heterocycles. The van der Waals surface area contributed by atoms with Crippen molar-refractivity contribution in [2.24, 2.45) is 0 Å². The number of nitrogens with zero attached hydrogens (tertiary/aromatic N) is 3. The van der Waals surface area contributed by atoms with Crippen LogP contribution in [0.1, 0.15) is 10.5 Å². The van der Waals surface area contributed by atoms with Gasteiger partial charge in [0.25, 0.3) is 0 Å². The standard InChI is InChI=1S/C17H13N5O3/c1-25-10-4-2-3-9(7-10)19-16-11-5-6-18-8-12(11)13-14(20-16)15(17(23)24)22-21-13/h2-8H,1H3,(H,19,20)(H,21,22)(H,23,24). The van der Waals surface area contributed by atoms with Gasteiger partial charge in [-0.15, -0.1) is 0 Å². The van der Waals surface area contributed by atoms with Gasteiger partial charge in [-0.1, -0.05) is 6.07 Å². The maximum atomic E-state index is 11.4. The number of anilines is 2. The van der Waals surface area contributed by atoms with Gasteiger partial charge in [0.15, 0.2) is 5.69 Å². The van der Waals surface area contributed by atoms with E-state index in [0.717, 1.165) is 11.1 Å². The Kier molecular flexibility index (Phi) is 3.42. The summed E-state index contributed by atoms with van der Waals surface area (Å²) in [5.41, 5.74) is 1.45. The third-order valence-electron chi connectivity index (χ3n) is 3.84. The predicted molar refractivity (Wildman–Crippen MR) is 92.4 cm³/mol. The molecule has 0 spiro atoms. The first kappa shape index (κ1) is 14.9. The highest BCUT2D eigenvalue weighted by atomic mass is 16.5. The highest BCUT2D eigenvalue weighted by Crippen LogP contribution is 2.31. The Morgan fingerprint density at radius 1 is 1.24 bits per heavy atom. The van der Waals surface area contributed by atoms with E-state index in [1.807, 2.05) is 24.3 Å². The van der Waals surface area contributed by atoms with Crippen molar-refractivity contribution in [2.75, 3.05) is 12.4 Å². The lowest BCUT2D eigenvalue weighted by Crippen LogP contribution is -2.00. The Balaban J connectivity index is 1.94. The summed E-state index contributed by atoms with van der Waals surface area (Å²) in [7, 11) is 1.59. The number of ether oxygens (including phenoxy) is 1. The van der Waals surface area contributed by atoms with E-state index in [-0.39, 0.29) is 11.2 Å². The molecule has 124 valence electrons. The van der Waals surface area contributed by atoms with E-state index in [1.54, 1.807) is 25.6 Å². The maximum absolute atomic E-state index is 11.4. The fourth-order valence-corrected chi connectivity index (χ4v) is 2.68. The summed E-state index contributed by atoms with van der Waals surface area (Å²) in [6.07, 6.45) is 3.29. The number of pyridine rings is 2. The lowest BCUT2D eigenvalue weighted by atomic mass is 10.1. The summed E-state index contributed by atoms with van der Waals surface area (Å²) < 4.78 is 5.23. The maximum Gasteiger partial charge on any atom is 0.356 e. The van der Waals surface area contributed by atoms with E-state index in [4.69, 9.17) is 4.74 Å². The lowest BCUT2D eigenvalue weighted by molar-refractivity contribution is 0.0692. The van der Waals surface area contributed by atoms with Gasteiger partial charge in [-0.25, -0.2) is 9.78 Å².